The van der Waals surface area contributed by atoms with Crippen LogP contribution in [0.15, 0.2) is 65.7 Å². The van der Waals surface area contributed by atoms with Gasteiger partial charge < -0.3 is 10.1 Å². The standard InChI is InChI=1S/C25H29N5OS/c1-4-31-20-10-12-21(13-11-20)32-28-15-7-14-26-24-16-23(22-9-6-5-8-18(22)2)29-25-19(3)17-27-30(24)25/h5-6,8-13,16-17,26,28H,4,7,14-15H2,1-3H3. The third-order valence-corrected chi connectivity index (χ3v) is 6.01. The molecule has 4 aromatic rings. The van der Waals surface area contributed by atoms with Crippen LogP contribution in [-0.2, 0) is 0 Å². The lowest BCUT2D eigenvalue weighted by Gasteiger charge is -2.12. The first-order valence-electron chi connectivity index (χ1n) is 10.9. The first kappa shape index (κ1) is 22.2. The number of fused-ring (bicyclic) bond motifs is 1. The SMILES string of the molecule is CCOc1ccc(SNCCCNc2cc(-c3ccccc3C)nc3c(C)cnn23)cc1. The molecule has 7 heteroatoms. The summed E-state index contributed by atoms with van der Waals surface area (Å²) in [4.78, 5) is 6.04. The highest BCUT2D eigenvalue weighted by Crippen LogP contribution is 2.26. The summed E-state index contributed by atoms with van der Waals surface area (Å²) in [5.74, 6) is 1.86. The summed E-state index contributed by atoms with van der Waals surface area (Å²) in [6.07, 6.45) is 2.85. The van der Waals surface area contributed by atoms with Gasteiger partial charge in [0.15, 0.2) is 5.65 Å². The van der Waals surface area contributed by atoms with E-state index >= 15 is 0 Å². The highest BCUT2D eigenvalue weighted by atomic mass is 32.2. The number of hydrogen-bond acceptors (Lipinski definition) is 6. The van der Waals surface area contributed by atoms with Crippen molar-refractivity contribution >= 4 is 23.4 Å². The van der Waals surface area contributed by atoms with E-state index in [-0.39, 0.29) is 0 Å². The molecular weight excluding hydrogens is 418 g/mol. The van der Waals surface area contributed by atoms with Crippen LogP contribution in [0.5, 0.6) is 5.75 Å². The molecule has 2 N–H and O–H groups in total. The Morgan fingerprint density at radius 3 is 2.59 bits per heavy atom. The molecule has 2 aromatic carbocycles. The molecule has 0 aliphatic heterocycles. The fourth-order valence-electron chi connectivity index (χ4n) is 3.48. The fraction of sp³-hybridized carbons (Fsp3) is 0.280. The molecule has 0 radical (unpaired) electrons. The second-order valence-corrected chi connectivity index (χ2v) is 8.55. The molecule has 166 valence electrons. The number of hydrogen-bond donors (Lipinski definition) is 2. The van der Waals surface area contributed by atoms with Gasteiger partial charge in [0.2, 0.25) is 0 Å². The molecule has 4 rings (SSSR count). The van der Waals surface area contributed by atoms with Crippen molar-refractivity contribution in [3.05, 3.63) is 71.9 Å². The predicted molar refractivity (Wildman–Crippen MR) is 132 cm³/mol. The largest absolute Gasteiger partial charge is 0.494 e. The number of aromatic nitrogens is 3. The minimum Gasteiger partial charge on any atom is -0.494 e. The van der Waals surface area contributed by atoms with E-state index in [0.717, 1.165) is 53.5 Å². The van der Waals surface area contributed by atoms with Gasteiger partial charge >= 0.3 is 0 Å². The number of rotatable bonds is 10. The topological polar surface area (TPSA) is 63.5 Å². The van der Waals surface area contributed by atoms with Crippen LogP contribution in [0.2, 0.25) is 0 Å². The summed E-state index contributed by atoms with van der Waals surface area (Å²) in [6, 6.07) is 18.6. The van der Waals surface area contributed by atoms with E-state index in [1.54, 1.807) is 11.9 Å². The van der Waals surface area contributed by atoms with Crippen LogP contribution >= 0.6 is 11.9 Å². The zero-order valence-electron chi connectivity index (χ0n) is 18.8. The molecule has 0 bridgehead atoms. The molecule has 0 saturated carbocycles. The van der Waals surface area contributed by atoms with Gasteiger partial charge in [0.25, 0.3) is 0 Å². The molecule has 0 aliphatic rings. The Bertz CT molecular complexity index is 1170. The number of aryl methyl sites for hydroxylation is 2. The Morgan fingerprint density at radius 2 is 1.81 bits per heavy atom. The summed E-state index contributed by atoms with van der Waals surface area (Å²) in [7, 11) is 0. The Balaban J connectivity index is 1.35. The average molecular weight is 448 g/mol. The van der Waals surface area contributed by atoms with Crippen molar-refractivity contribution in [3.8, 4) is 17.0 Å². The second kappa shape index (κ2) is 10.5. The van der Waals surface area contributed by atoms with Crippen LogP contribution in [0.4, 0.5) is 5.82 Å². The van der Waals surface area contributed by atoms with Gasteiger partial charge in [0.1, 0.15) is 11.6 Å². The van der Waals surface area contributed by atoms with Gasteiger partial charge in [-0.15, -0.1) is 0 Å². The summed E-state index contributed by atoms with van der Waals surface area (Å²) >= 11 is 1.64. The Morgan fingerprint density at radius 1 is 1.00 bits per heavy atom. The molecule has 0 spiro atoms. The van der Waals surface area contributed by atoms with Gasteiger partial charge in [-0.1, -0.05) is 24.3 Å². The number of nitrogens with zero attached hydrogens (tertiary/aromatic N) is 3. The van der Waals surface area contributed by atoms with Crippen molar-refractivity contribution in [3.63, 3.8) is 0 Å². The number of anilines is 1. The van der Waals surface area contributed by atoms with Crippen LogP contribution in [-0.4, -0.2) is 34.3 Å². The van der Waals surface area contributed by atoms with Crippen LogP contribution < -0.4 is 14.8 Å². The average Bonchev–Trinajstić information content (AvgIpc) is 3.18. The van der Waals surface area contributed by atoms with Crippen molar-refractivity contribution in [1.82, 2.24) is 19.3 Å². The smallest absolute Gasteiger partial charge is 0.160 e. The van der Waals surface area contributed by atoms with Gasteiger partial charge in [0.05, 0.1) is 18.5 Å². The van der Waals surface area contributed by atoms with Crippen molar-refractivity contribution in [2.75, 3.05) is 25.0 Å². The van der Waals surface area contributed by atoms with Crippen LogP contribution in [0.25, 0.3) is 16.9 Å². The van der Waals surface area contributed by atoms with Crippen LogP contribution in [0.3, 0.4) is 0 Å². The van der Waals surface area contributed by atoms with Gasteiger partial charge in [-0.25, -0.2) is 4.98 Å². The molecule has 0 aliphatic carbocycles. The lowest BCUT2D eigenvalue weighted by molar-refractivity contribution is 0.340. The summed E-state index contributed by atoms with van der Waals surface area (Å²) in [5.41, 5.74) is 5.27. The molecule has 6 nitrogen and oxygen atoms in total. The highest BCUT2D eigenvalue weighted by molar-refractivity contribution is 7.97. The van der Waals surface area contributed by atoms with Crippen molar-refractivity contribution in [2.45, 2.75) is 32.1 Å². The summed E-state index contributed by atoms with van der Waals surface area (Å²) in [6.45, 7) is 8.57. The molecule has 0 atom stereocenters. The lowest BCUT2D eigenvalue weighted by atomic mass is 10.1. The fourth-order valence-corrected chi connectivity index (χ4v) is 4.16. The number of ether oxygens (including phenoxy) is 1. The van der Waals surface area contributed by atoms with E-state index in [9.17, 15) is 0 Å². The first-order valence-corrected chi connectivity index (χ1v) is 11.7. The number of benzene rings is 2. The van der Waals surface area contributed by atoms with Crippen LogP contribution in [0, 0.1) is 13.8 Å². The molecule has 32 heavy (non-hydrogen) atoms. The molecule has 0 saturated heterocycles. The summed E-state index contributed by atoms with van der Waals surface area (Å²) in [5, 5.41) is 8.06. The zero-order chi connectivity index (χ0) is 22.3. The van der Waals surface area contributed by atoms with E-state index in [0.29, 0.717) is 6.61 Å². The Labute approximate surface area is 193 Å². The summed E-state index contributed by atoms with van der Waals surface area (Å²) < 4.78 is 10.8. The first-order chi connectivity index (χ1) is 15.7. The predicted octanol–water partition coefficient (Wildman–Crippen LogP) is 5.51. The van der Waals surface area contributed by atoms with E-state index in [4.69, 9.17) is 9.72 Å². The van der Waals surface area contributed by atoms with Crippen molar-refractivity contribution in [1.29, 1.82) is 0 Å². The molecule has 0 unspecified atom stereocenters. The Kier molecular flexibility index (Phi) is 7.29. The maximum absolute atomic E-state index is 5.49. The molecular formula is C25H29N5OS. The van der Waals surface area contributed by atoms with E-state index in [1.807, 2.05) is 36.7 Å². The minimum absolute atomic E-state index is 0.687. The molecule has 2 aromatic heterocycles. The lowest BCUT2D eigenvalue weighted by Crippen LogP contribution is -2.13. The number of nitrogens with one attached hydrogen (secondary N) is 2. The quantitative estimate of drug-likeness (QED) is 0.247. The van der Waals surface area contributed by atoms with E-state index in [1.165, 1.54) is 10.5 Å². The third kappa shape index (κ3) is 5.23. The molecule has 0 amide bonds. The van der Waals surface area contributed by atoms with Gasteiger partial charge in [-0.3, -0.25) is 4.72 Å². The Hall–Kier alpha value is -3.03. The minimum atomic E-state index is 0.687. The van der Waals surface area contributed by atoms with E-state index in [2.05, 4.69) is 64.5 Å². The van der Waals surface area contributed by atoms with Crippen molar-refractivity contribution < 1.29 is 4.74 Å². The second-order valence-electron chi connectivity index (χ2n) is 7.59. The zero-order valence-corrected chi connectivity index (χ0v) is 19.6. The molecule has 2 heterocycles. The monoisotopic (exact) mass is 447 g/mol. The maximum atomic E-state index is 5.49. The van der Waals surface area contributed by atoms with E-state index < -0.39 is 0 Å². The van der Waals surface area contributed by atoms with Gasteiger partial charge in [-0.05, 0) is 69.0 Å². The van der Waals surface area contributed by atoms with Gasteiger partial charge in [0, 0.05) is 35.2 Å². The highest BCUT2D eigenvalue weighted by Gasteiger charge is 2.11. The molecule has 0 fully saturated rings. The van der Waals surface area contributed by atoms with Gasteiger partial charge in [-0.2, -0.15) is 9.61 Å². The maximum Gasteiger partial charge on any atom is 0.160 e. The van der Waals surface area contributed by atoms with Crippen LogP contribution in [0.1, 0.15) is 24.5 Å². The normalized spacial score (nSPS) is 11.1. The third-order valence-electron chi connectivity index (χ3n) is 5.16. The van der Waals surface area contributed by atoms with Crippen molar-refractivity contribution in [2.24, 2.45) is 0 Å².